The summed E-state index contributed by atoms with van der Waals surface area (Å²) >= 11 is 7.31. The zero-order chi connectivity index (χ0) is 20.4. The van der Waals surface area contributed by atoms with Crippen molar-refractivity contribution in [1.82, 2.24) is 14.4 Å². The molecule has 0 saturated heterocycles. The molecule has 4 rings (SSSR count). The summed E-state index contributed by atoms with van der Waals surface area (Å²) in [7, 11) is 0. The molecule has 1 N–H and O–H groups in total. The fourth-order valence-corrected chi connectivity index (χ4v) is 3.94. The molecule has 6 nitrogen and oxygen atoms in total. The van der Waals surface area contributed by atoms with Crippen molar-refractivity contribution in [2.45, 2.75) is 6.42 Å². The summed E-state index contributed by atoms with van der Waals surface area (Å²) in [5.41, 5.74) is 1.95. The summed E-state index contributed by atoms with van der Waals surface area (Å²) < 4.78 is 19.6. The van der Waals surface area contributed by atoms with Crippen LogP contribution in [0.5, 0.6) is 11.5 Å². The maximum absolute atomic E-state index is 12.8. The third kappa shape index (κ3) is 3.94. The molecule has 29 heavy (non-hydrogen) atoms. The highest BCUT2D eigenvalue weighted by molar-refractivity contribution is 7.15. The van der Waals surface area contributed by atoms with Crippen LogP contribution in [0.2, 0.25) is 5.02 Å². The predicted molar refractivity (Wildman–Crippen MR) is 111 cm³/mol. The van der Waals surface area contributed by atoms with E-state index in [1.165, 1.54) is 21.8 Å². The second-order valence-corrected chi connectivity index (χ2v) is 7.59. The number of ether oxygens (including phenoxy) is 1. The molecule has 0 spiro atoms. The van der Waals surface area contributed by atoms with E-state index in [2.05, 4.69) is 9.97 Å². The Morgan fingerprint density at radius 1 is 1.31 bits per heavy atom. The molecule has 0 bridgehead atoms. The van der Waals surface area contributed by atoms with E-state index in [4.69, 9.17) is 16.3 Å². The molecule has 0 radical (unpaired) electrons. The lowest BCUT2D eigenvalue weighted by molar-refractivity contribution is 0.277. The number of phenols is 1. The van der Waals surface area contributed by atoms with Gasteiger partial charge in [0, 0.05) is 30.6 Å². The lowest BCUT2D eigenvalue weighted by Gasteiger charge is -2.09. The van der Waals surface area contributed by atoms with Crippen LogP contribution in [0.25, 0.3) is 22.3 Å². The van der Waals surface area contributed by atoms with Crippen LogP contribution in [0.3, 0.4) is 0 Å². The van der Waals surface area contributed by atoms with E-state index in [-0.39, 0.29) is 35.1 Å². The largest absolute Gasteiger partial charge is 0.503 e. The zero-order valence-corrected chi connectivity index (χ0v) is 16.6. The molecule has 3 aromatic heterocycles. The van der Waals surface area contributed by atoms with Gasteiger partial charge in [-0.25, -0.2) is 4.98 Å². The standard InChI is InChI=1S/C20H15ClFN3O3S/c21-14-8-12(9-16(18(14)26)28-7-1-4-22)10-17-19(27)25-11-15(24-20(25)29-17)13-2-5-23-6-3-13/h2-3,5-6,8-11,26H,1,4,7H2. The first-order chi connectivity index (χ1) is 14.1. The molecule has 0 saturated carbocycles. The number of halogens is 2. The average Bonchev–Trinajstić information content (AvgIpc) is 3.26. The molecule has 148 valence electrons. The van der Waals surface area contributed by atoms with Gasteiger partial charge in [-0.1, -0.05) is 22.9 Å². The van der Waals surface area contributed by atoms with E-state index in [1.54, 1.807) is 30.7 Å². The van der Waals surface area contributed by atoms with Gasteiger partial charge in [-0.2, -0.15) is 0 Å². The van der Waals surface area contributed by atoms with Crippen LogP contribution in [0, 0.1) is 0 Å². The van der Waals surface area contributed by atoms with Crippen LogP contribution in [-0.2, 0) is 0 Å². The first-order valence-corrected chi connectivity index (χ1v) is 9.91. The topological polar surface area (TPSA) is 76.7 Å². The number of thiazole rings is 1. The van der Waals surface area contributed by atoms with Crippen LogP contribution >= 0.6 is 22.9 Å². The molecule has 0 atom stereocenters. The number of phenolic OH excluding ortho intramolecular Hbond substituents is 1. The average molecular weight is 432 g/mol. The Labute approximate surface area is 173 Å². The minimum atomic E-state index is -0.518. The van der Waals surface area contributed by atoms with Crippen molar-refractivity contribution in [2.24, 2.45) is 0 Å². The first-order valence-electron chi connectivity index (χ1n) is 8.72. The summed E-state index contributed by atoms with van der Waals surface area (Å²) in [6.45, 7) is -0.405. The molecular formula is C20H15ClFN3O3S. The van der Waals surface area contributed by atoms with Gasteiger partial charge in [-0.15, -0.1) is 0 Å². The number of fused-ring (bicyclic) bond motifs is 1. The second-order valence-electron chi connectivity index (χ2n) is 6.17. The highest BCUT2D eigenvalue weighted by atomic mass is 35.5. The zero-order valence-electron chi connectivity index (χ0n) is 15.0. The molecule has 0 aliphatic heterocycles. The van der Waals surface area contributed by atoms with E-state index >= 15 is 0 Å². The molecule has 3 heterocycles. The number of rotatable bonds is 6. The van der Waals surface area contributed by atoms with E-state index < -0.39 is 6.67 Å². The van der Waals surface area contributed by atoms with Crippen molar-refractivity contribution in [3.63, 3.8) is 0 Å². The third-order valence-corrected chi connectivity index (χ3v) is 5.44. The third-order valence-electron chi connectivity index (χ3n) is 4.16. The van der Waals surface area contributed by atoms with Gasteiger partial charge >= 0.3 is 0 Å². The molecule has 0 unspecified atom stereocenters. The van der Waals surface area contributed by atoms with Crippen molar-refractivity contribution in [2.75, 3.05) is 13.3 Å². The van der Waals surface area contributed by atoms with E-state index in [0.29, 0.717) is 20.8 Å². The van der Waals surface area contributed by atoms with Gasteiger partial charge in [0.25, 0.3) is 5.56 Å². The Morgan fingerprint density at radius 2 is 2.10 bits per heavy atom. The number of benzene rings is 1. The van der Waals surface area contributed by atoms with Gasteiger partial charge in [0.15, 0.2) is 16.5 Å². The van der Waals surface area contributed by atoms with Crippen molar-refractivity contribution in [3.05, 3.63) is 68.3 Å². The Hall–Kier alpha value is -2.97. The van der Waals surface area contributed by atoms with Gasteiger partial charge in [-0.05, 0) is 35.9 Å². The SMILES string of the molecule is O=c1c(=Cc2cc(Cl)c(O)c(OCCCF)c2)sc2nc(-c3ccncc3)cn12. The van der Waals surface area contributed by atoms with E-state index in [1.807, 2.05) is 12.1 Å². The van der Waals surface area contributed by atoms with Gasteiger partial charge in [0.05, 0.1) is 28.5 Å². The summed E-state index contributed by atoms with van der Waals surface area (Å²) in [4.78, 5) is 21.8. The molecular weight excluding hydrogens is 417 g/mol. The molecule has 4 aromatic rings. The number of imidazole rings is 1. The molecule has 0 amide bonds. The molecule has 1 aromatic carbocycles. The van der Waals surface area contributed by atoms with E-state index in [9.17, 15) is 14.3 Å². The molecule has 9 heteroatoms. The minimum Gasteiger partial charge on any atom is -0.503 e. The molecule has 0 fully saturated rings. The van der Waals surface area contributed by atoms with Crippen molar-refractivity contribution in [1.29, 1.82) is 0 Å². The van der Waals surface area contributed by atoms with Crippen LogP contribution in [-0.4, -0.2) is 32.8 Å². The van der Waals surface area contributed by atoms with Crippen molar-refractivity contribution >= 4 is 34.0 Å². The number of nitrogens with zero attached hydrogens (tertiary/aromatic N) is 3. The minimum absolute atomic E-state index is 0.0859. The van der Waals surface area contributed by atoms with Crippen LogP contribution in [0.15, 0.2) is 47.7 Å². The number of hydrogen-bond acceptors (Lipinski definition) is 6. The number of aromatic hydroxyl groups is 1. The number of pyridine rings is 1. The number of alkyl halides is 1. The fourth-order valence-electron chi connectivity index (χ4n) is 2.77. The lowest BCUT2D eigenvalue weighted by atomic mass is 10.2. The monoisotopic (exact) mass is 431 g/mol. The maximum atomic E-state index is 12.8. The lowest BCUT2D eigenvalue weighted by Crippen LogP contribution is -2.22. The Bertz CT molecular complexity index is 1270. The van der Waals surface area contributed by atoms with Gasteiger partial charge < -0.3 is 9.84 Å². The summed E-state index contributed by atoms with van der Waals surface area (Å²) in [6.07, 6.45) is 6.89. The summed E-state index contributed by atoms with van der Waals surface area (Å²) in [5, 5.41) is 10.1. The number of hydrogen-bond donors (Lipinski definition) is 1. The van der Waals surface area contributed by atoms with Gasteiger partial charge in [0.1, 0.15) is 0 Å². The predicted octanol–water partition coefficient (Wildman–Crippen LogP) is 3.46. The quantitative estimate of drug-likeness (QED) is 0.473. The summed E-state index contributed by atoms with van der Waals surface area (Å²) in [5.74, 6) is -0.0704. The smallest absolute Gasteiger partial charge is 0.274 e. The normalized spacial score (nSPS) is 12.0. The number of aromatic nitrogens is 3. The molecule has 0 aliphatic rings. The fraction of sp³-hybridized carbons (Fsp3) is 0.150. The van der Waals surface area contributed by atoms with Crippen LogP contribution < -0.4 is 14.8 Å². The van der Waals surface area contributed by atoms with Gasteiger partial charge in [0.2, 0.25) is 0 Å². The highest BCUT2D eigenvalue weighted by Crippen LogP contribution is 2.35. The van der Waals surface area contributed by atoms with Crippen molar-refractivity contribution < 1.29 is 14.2 Å². The maximum Gasteiger partial charge on any atom is 0.274 e. The Kier molecular flexibility index (Phi) is 5.46. The van der Waals surface area contributed by atoms with Gasteiger partial charge in [-0.3, -0.25) is 18.6 Å². The Balaban J connectivity index is 1.72. The van der Waals surface area contributed by atoms with E-state index in [0.717, 1.165) is 5.56 Å². The second kappa shape index (κ2) is 8.18. The highest BCUT2D eigenvalue weighted by Gasteiger charge is 2.12. The van der Waals surface area contributed by atoms with Crippen LogP contribution in [0.4, 0.5) is 4.39 Å². The summed E-state index contributed by atoms with van der Waals surface area (Å²) in [6, 6.07) is 6.74. The molecule has 0 aliphatic carbocycles. The first kappa shape index (κ1) is 19.4. The Morgan fingerprint density at radius 3 is 2.83 bits per heavy atom. The van der Waals surface area contributed by atoms with Crippen LogP contribution in [0.1, 0.15) is 12.0 Å². The van der Waals surface area contributed by atoms with Crippen molar-refractivity contribution in [3.8, 4) is 22.8 Å².